The van der Waals surface area contributed by atoms with Crippen LogP contribution in [0.5, 0.6) is 0 Å². The van der Waals surface area contributed by atoms with Crippen LogP contribution >= 0.6 is 0 Å². The van der Waals surface area contributed by atoms with E-state index in [0.29, 0.717) is 6.04 Å². The first-order valence-electron chi connectivity index (χ1n) is 11.8. The number of carbonyl (C=O) groups excluding carboxylic acids is 1. The van der Waals surface area contributed by atoms with Crippen molar-refractivity contribution in [3.63, 3.8) is 0 Å². The van der Waals surface area contributed by atoms with Gasteiger partial charge >= 0.3 is 0 Å². The molecule has 1 unspecified atom stereocenters. The maximum atomic E-state index is 13.6. The van der Waals surface area contributed by atoms with E-state index in [1.165, 1.54) is 24.0 Å². The molecule has 0 aliphatic carbocycles. The molecule has 2 heterocycles. The zero-order chi connectivity index (χ0) is 22.1. The van der Waals surface area contributed by atoms with E-state index in [-0.39, 0.29) is 17.5 Å². The smallest absolute Gasteiger partial charge is 0.252 e. The topological polar surface area (TPSA) is 32.3 Å². The first-order valence-corrected chi connectivity index (χ1v) is 11.8. The van der Waals surface area contributed by atoms with Gasteiger partial charge in [-0.3, -0.25) is 9.69 Å². The van der Waals surface area contributed by atoms with Gasteiger partial charge in [0, 0.05) is 23.7 Å². The second kappa shape index (κ2) is 8.55. The third kappa shape index (κ3) is 3.65. The van der Waals surface area contributed by atoms with Crippen LogP contribution in [0.15, 0.2) is 78.9 Å². The van der Waals surface area contributed by atoms with Crippen LogP contribution in [0.3, 0.4) is 0 Å². The van der Waals surface area contributed by atoms with E-state index in [9.17, 15) is 4.79 Å². The van der Waals surface area contributed by atoms with Crippen LogP contribution in [0.2, 0.25) is 0 Å². The van der Waals surface area contributed by atoms with Crippen molar-refractivity contribution in [3.8, 4) is 0 Å². The van der Waals surface area contributed by atoms with Crippen LogP contribution in [0.25, 0.3) is 0 Å². The number of nitrogens with one attached hydrogen (secondary N) is 1. The highest BCUT2D eigenvalue weighted by Crippen LogP contribution is 2.53. The zero-order valence-corrected chi connectivity index (χ0v) is 19.1. The van der Waals surface area contributed by atoms with E-state index in [4.69, 9.17) is 0 Å². The quantitative estimate of drug-likeness (QED) is 0.529. The highest BCUT2D eigenvalue weighted by atomic mass is 16.1. The fraction of sp³-hybridized carbons (Fsp3) is 0.345. The van der Waals surface area contributed by atoms with Gasteiger partial charge in [0.1, 0.15) is 0 Å². The molecule has 1 amide bonds. The number of hydrogen-bond donors (Lipinski definition) is 1. The molecule has 0 spiro atoms. The van der Waals surface area contributed by atoms with Crippen LogP contribution in [0, 0.1) is 13.8 Å². The first kappa shape index (κ1) is 21.0. The molecule has 164 valence electrons. The van der Waals surface area contributed by atoms with Crippen molar-refractivity contribution >= 4 is 5.91 Å². The Morgan fingerprint density at radius 1 is 0.906 bits per heavy atom. The summed E-state index contributed by atoms with van der Waals surface area (Å²) in [5.74, 6) is 0.0406. The molecular weight excluding hydrogens is 392 g/mol. The van der Waals surface area contributed by atoms with Crippen molar-refractivity contribution < 1.29 is 4.79 Å². The fourth-order valence-corrected chi connectivity index (χ4v) is 6.14. The summed E-state index contributed by atoms with van der Waals surface area (Å²) < 4.78 is 0. The molecule has 1 atom stereocenters. The van der Waals surface area contributed by atoms with Gasteiger partial charge in [0.2, 0.25) is 0 Å². The lowest BCUT2D eigenvalue weighted by atomic mass is 9.78. The Kier molecular flexibility index (Phi) is 5.60. The van der Waals surface area contributed by atoms with Gasteiger partial charge in [-0.1, -0.05) is 78.9 Å². The van der Waals surface area contributed by atoms with Crippen molar-refractivity contribution in [2.24, 2.45) is 0 Å². The number of aryl methyl sites for hydroxylation is 2. The Morgan fingerprint density at radius 2 is 1.50 bits per heavy atom. The molecule has 1 N–H and O–H groups in total. The number of hydrogen-bond acceptors (Lipinski definition) is 2. The van der Waals surface area contributed by atoms with Gasteiger partial charge in [0.05, 0.1) is 6.04 Å². The summed E-state index contributed by atoms with van der Waals surface area (Å²) >= 11 is 0. The van der Waals surface area contributed by atoms with Gasteiger partial charge in [-0.15, -0.1) is 0 Å². The van der Waals surface area contributed by atoms with Crippen molar-refractivity contribution in [1.29, 1.82) is 0 Å². The first-order chi connectivity index (χ1) is 15.6. The number of nitrogens with zero attached hydrogens (tertiary/aromatic N) is 1. The lowest BCUT2D eigenvalue weighted by Crippen LogP contribution is -2.52. The molecule has 3 aromatic carbocycles. The molecule has 0 aromatic heterocycles. The van der Waals surface area contributed by atoms with Gasteiger partial charge in [0.15, 0.2) is 0 Å². The van der Waals surface area contributed by atoms with Gasteiger partial charge in [-0.2, -0.15) is 0 Å². The Labute approximate surface area is 191 Å². The summed E-state index contributed by atoms with van der Waals surface area (Å²) in [7, 11) is 0. The number of rotatable bonds is 6. The Bertz CT molecular complexity index is 1060. The predicted molar refractivity (Wildman–Crippen MR) is 130 cm³/mol. The lowest BCUT2D eigenvalue weighted by Gasteiger charge is -2.42. The molecule has 32 heavy (non-hydrogen) atoms. The van der Waals surface area contributed by atoms with Crippen molar-refractivity contribution in [2.75, 3.05) is 0 Å². The lowest BCUT2D eigenvalue weighted by molar-refractivity contribution is 0.0757. The molecule has 3 aromatic rings. The van der Waals surface area contributed by atoms with Crippen LogP contribution in [0.1, 0.15) is 64.3 Å². The Morgan fingerprint density at radius 3 is 2.12 bits per heavy atom. The summed E-state index contributed by atoms with van der Waals surface area (Å²) in [6.07, 6.45) is 4.65. The average Bonchev–Trinajstić information content (AvgIpc) is 3.33. The number of carbonyl (C=O) groups is 1. The monoisotopic (exact) mass is 424 g/mol. The standard InChI is InChI=1S/C29H32N2O/c1-21-10-9-11-22(2)26(21)28(32)30-27(24-14-7-4-8-15-24)29-18-16-25(17-19-29)31(29)20-23-12-5-3-6-13-23/h3-15,25,27H,16-20H2,1-2H3,(H,30,32). The predicted octanol–water partition coefficient (Wildman–Crippen LogP) is 5.97. The van der Waals surface area contributed by atoms with Gasteiger partial charge in [-0.05, 0) is 61.8 Å². The normalized spacial score (nSPS) is 23.2. The Hall–Kier alpha value is -2.91. The summed E-state index contributed by atoms with van der Waals surface area (Å²) in [4.78, 5) is 16.3. The number of amides is 1. The minimum absolute atomic E-state index is 0.0357. The summed E-state index contributed by atoms with van der Waals surface area (Å²) in [6.45, 7) is 5.00. The molecule has 2 saturated heterocycles. The van der Waals surface area contributed by atoms with Crippen LogP contribution in [0.4, 0.5) is 0 Å². The summed E-state index contributed by atoms with van der Waals surface area (Å²) in [5, 5.41) is 3.53. The minimum Gasteiger partial charge on any atom is -0.343 e. The largest absolute Gasteiger partial charge is 0.343 e. The third-order valence-corrected chi connectivity index (χ3v) is 7.68. The minimum atomic E-state index is -0.0475. The molecule has 2 bridgehead atoms. The Balaban J connectivity index is 1.53. The van der Waals surface area contributed by atoms with E-state index in [2.05, 4.69) is 70.9 Å². The summed E-state index contributed by atoms with van der Waals surface area (Å²) in [5.41, 5.74) is 5.37. The molecule has 3 heteroatoms. The second-order valence-corrected chi connectivity index (χ2v) is 9.53. The van der Waals surface area contributed by atoms with Crippen LogP contribution in [-0.4, -0.2) is 22.4 Å². The van der Waals surface area contributed by atoms with Crippen LogP contribution in [-0.2, 0) is 6.54 Å². The fourth-order valence-electron chi connectivity index (χ4n) is 6.14. The van der Waals surface area contributed by atoms with Crippen molar-refractivity contribution in [2.45, 2.75) is 63.7 Å². The maximum absolute atomic E-state index is 13.6. The molecule has 3 nitrogen and oxygen atoms in total. The summed E-state index contributed by atoms with van der Waals surface area (Å²) in [6, 6.07) is 28.0. The molecule has 0 radical (unpaired) electrons. The highest BCUT2D eigenvalue weighted by molar-refractivity contribution is 5.97. The maximum Gasteiger partial charge on any atom is 0.252 e. The van der Waals surface area contributed by atoms with E-state index in [1.807, 2.05) is 32.0 Å². The van der Waals surface area contributed by atoms with Crippen molar-refractivity contribution in [3.05, 3.63) is 107 Å². The molecule has 2 aliphatic rings. The third-order valence-electron chi connectivity index (χ3n) is 7.68. The van der Waals surface area contributed by atoms with Gasteiger partial charge in [-0.25, -0.2) is 0 Å². The van der Waals surface area contributed by atoms with E-state index in [1.54, 1.807) is 0 Å². The van der Waals surface area contributed by atoms with Crippen LogP contribution < -0.4 is 5.32 Å². The average molecular weight is 425 g/mol. The zero-order valence-electron chi connectivity index (χ0n) is 19.1. The SMILES string of the molecule is Cc1cccc(C)c1C(=O)NC(c1ccccc1)C12CCC(CC1)N2Cc1ccccc1. The van der Waals surface area contributed by atoms with E-state index >= 15 is 0 Å². The molecular formula is C29H32N2O. The second-order valence-electron chi connectivity index (χ2n) is 9.53. The van der Waals surface area contributed by atoms with Gasteiger partial charge < -0.3 is 5.32 Å². The van der Waals surface area contributed by atoms with E-state index in [0.717, 1.165) is 36.1 Å². The molecule has 2 aliphatic heterocycles. The van der Waals surface area contributed by atoms with E-state index < -0.39 is 0 Å². The molecule has 2 fully saturated rings. The number of benzene rings is 3. The van der Waals surface area contributed by atoms with Gasteiger partial charge in [0.25, 0.3) is 5.91 Å². The highest BCUT2D eigenvalue weighted by Gasteiger charge is 2.56. The molecule has 0 saturated carbocycles. The van der Waals surface area contributed by atoms with Crippen molar-refractivity contribution in [1.82, 2.24) is 10.2 Å². The molecule has 5 rings (SSSR count). The number of fused-ring (bicyclic) bond motifs is 2.